The van der Waals surface area contributed by atoms with E-state index >= 15 is 0 Å². The van der Waals surface area contributed by atoms with E-state index in [2.05, 4.69) is 25.7 Å². The maximum absolute atomic E-state index is 6.04. The van der Waals surface area contributed by atoms with Crippen LogP contribution < -0.4 is 10.2 Å². The fourth-order valence-electron chi connectivity index (χ4n) is 2.38. The number of likely N-dealkylation sites (tertiary alicyclic amines) is 1. The molecule has 0 amide bonds. The van der Waals surface area contributed by atoms with E-state index in [9.17, 15) is 0 Å². The first-order chi connectivity index (χ1) is 8.45. The van der Waals surface area contributed by atoms with Crippen molar-refractivity contribution in [1.29, 1.82) is 0 Å². The number of rotatable bonds is 2. The molecule has 96 valence electrons. The summed E-state index contributed by atoms with van der Waals surface area (Å²) >= 11 is 0. The number of benzene rings is 1. The Morgan fingerprint density at radius 1 is 1.22 bits per heavy atom. The number of hydrogen-bond acceptors (Lipinski definition) is 2. The SMILES string of the molecule is [B]c1ccc(OC2CCCN(C(C)(C)C)C2)cc1. The van der Waals surface area contributed by atoms with Gasteiger partial charge < -0.3 is 4.74 Å². The summed E-state index contributed by atoms with van der Waals surface area (Å²) in [7, 11) is 5.68. The molecule has 0 saturated carbocycles. The van der Waals surface area contributed by atoms with Crippen molar-refractivity contribution in [2.24, 2.45) is 0 Å². The van der Waals surface area contributed by atoms with E-state index in [-0.39, 0.29) is 5.54 Å². The Balaban J connectivity index is 1.95. The van der Waals surface area contributed by atoms with Gasteiger partial charge in [0.2, 0.25) is 0 Å². The lowest BCUT2D eigenvalue weighted by atomic mass is 9.96. The first kappa shape index (κ1) is 13.5. The normalized spacial score (nSPS) is 21.8. The maximum atomic E-state index is 6.04. The van der Waals surface area contributed by atoms with E-state index in [0.717, 1.165) is 24.2 Å². The molecule has 1 aromatic rings. The molecule has 2 nitrogen and oxygen atoms in total. The minimum Gasteiger partial charge on any atom is -0.489 e. The van der Waals surface area contributed by atoms with Gasteiger partial charge in [-0.3, -0.25) is 4.90 Å². The fourth-order valence-corrected chi connectivity index (χ4v) is 2.38. The zero-order valence-corrected chi connectivity index (χ0v) is 11.6. The molecule has 0 aliphatic carbocycles. The topological polar surface area (TPSA) is 12.5 Å². The minimum absolute atomic E-state index is 0.225. The molecule has 1 fully saturated rings. The molecule has 18 heavy (non-hydrogen) atoms. The van der Waals surface area contributed by atoms with E-state index in [1.54, 1.807) is 0 Å². The monoisotopic (exact) mass is 243 g/mol. The number of hydrogen-bond donors (Lipinski definition) is 0. The summed E-state index contributed by atoms with van der Waals surface area (Å²) in [6.07, 6.45) is 2.63. The van der Waals surface area contributed by atoms with Gasteiger partial charge in [-0.1, -0.05) is 17.6 Å². The lowest BCUT2D eigenvalue weighted by Gasteiger charge is -2.41. The summed E-state index contributed by atoms with van der Waals surface area (Å²) in [6, 6.07) is 7.68. The van der Waals surface area contributed by atoms with Gasteiger partial charge in [-0.25, -0.2) is 0 Å². The van der Waals surface area contributed by atoms with Crippen LogP contribution in [0.25, 0.3) is 0 Å². The molecule has 1 aliphatic heterocycles. The lowest BCUT2D eigenvalue weighted by Crippen LogP contribution is -2.50. The average molecular weight is 243 g/mol. The van der Waals surface area contributed by atoms with Gasteiger partial charge in [0, 0.05) is 12.1 Å². The second-order valence-corrected chi connectivity index (χ2v) is 6.07. The molecule has 1 saturated heterocycles. The highest BCUT2D eigenvalue weighted by Gasteiger charge is 2.28. The zero-order chi connectivity index (χ0) is 13.2. The lowest BCUT2D eigenvalue weighted by molar-refractivity contribution is 0.0347. The average Bonchev–Trinajstić information content (AvgIpc) is 2.31. The predicted molar refractivity (Wildman–Crippen MR) is 76.8 cm³/mol. The van der Waals surface area contributed by atoms with E-state index in [4.69, 9.17) is 12.6 Å². The predicted octanol–water partition coefficient (Wildman–Crippen LogP) is 2.12. The summed E-state index contributed by atoms with van der Waals surface area (Å²) in [5.41, 5.74) is 1.01. The summed E-state index contributed by atoms with van der Waals surface area (Å²) in [5.74, 6) is 0.921. The second-order valence-electron chi connectivity index (χ2n) is 6.07. The van der Waals surface area contributed by atoms with Crippen LogP contribution in [-0.2, 0) is 0 Å². The van der Waals surface area contributed by atoms with Crippen LogP contribution in [0.2, 0.25) is 0 Å². The standard InChI is InChI=1S/C15H22BNO/c1-15(2,3)17-10-4-5-14(11-17)18-13-8-6-12(16)7-9-13/h6-9,14H,4-5,10-11H2,1-3H3. The summed E-state index contributed by atoms with van der Waals surface area (Å²) in [4.78, 5) is 2.50. The van der Waals surface area contributed by atoms with Gasteiger partial charge in [-0.05, 0) is 52.3 Å². The largest absolute Gasteiger partial charge is 0.489 e. The zero-order valence-electron chi connectivity index (χ0n) is 11.6. The quantitative estimate of drug-likeness (QED) is 0.738. The van der Waals surface area contributed by atoms with Gasteiger partial charge >= 0.3 is 0 Å². The molecule has 1 heterocycles. The third kappa shape index (κ3) is 3.52. The van der Waals surface area contributed by atoms with Crippen molar-refractivity contribution < 1.29 is 4.74 Å². The van der Waals surface area contributed by atoms with Crippen molar-refractivity contribution in [2.45, 2.75) is 45.3 Å². The van der Waals surface area contributed by atoms with Crippen molar-refractivity contribution in [1.82, 2.24) is 4.90 Å². The van der Waals surface area contributed by atoms with E-state index < -0.39 is 0 Å². The molecule has 1 aromatic carbocycles. The van der Waals surface area contributed by atoms with Crippen LogP contribution in [0.1, 0.15) is 33.6 Å². The van der Waals surface area contributed by atoms with Gasteiger partial charge in [0.15, 0.2) is 0 Å². The Bertz CT molecular complexity index is 382. The molecule has 1 aliphatic rings. The smallest absolute Gasteiger partial charge is 0.119 e. The van der Waals surface area contributed by atoms with Crippen molar-refractivity contribution in [3.8, 4) is 5.75 Å². The summed E-state index contributed by atoms with van der Waals surface area (Å²) in [5, 5.41) is 0. The van der Waals surface area contributed by atoms with Crippen molar-refractivity contribution in [3.05, 3.63) is 24.3 Å². The van der Waals surface area contributed by atoms with Crippen LogP contribution in [0.5, 0.6) is 5.75 Å². The van der Waals surface area contributed by atoms with Crippen LogP contribution in [0, 0.1) is 0 Å². The number of piperidine rings is 1. The molecule has 2 rings (SSSR count). The third-order valence-electron chi connectivity index (χ3n) is 3.51. The van der Waals surface area contributed by atoms with Crippen LogP contribution in [-0.4, -0.2) is 37.5 Å². The molecule has 0 spiro atoms. The first-order valence-electron chi connectivity index (χ1n) is 6.72. The number of ether oxygens (including phenoxy) is 1. The van der Waals surface area contributed by atoms with Gasteiger partial charge in [-0.15, -0.1) is 0 Å². The van der Waals surface area contributed by atoms with Crippen LogP contribution >= 0.6 is 0 Å². The molecule has 3 heteroatoms. The van der Waals surface area contributed by atoms with Crippen molar-refractivity contribution in [2.75, 3.05) is 13.1 Å². The third-order valence-corrected chi connectivity index (χ3v) is 3.51. The molecule has 1 atom stereocenters. The van der Waals surface area contributed by atoms with Gasteiger partial charge in [0.05, 0.1) is 0 Å². The van der Waals surface area contributed by atoms with Crippen LogP contribution in [0.4, 0.5) is 0 Å². The van der Waals surface area contributed by atoms with Crippen LogP contribution in [0.3, 0.4) is 0 Å². The molecule has 0 bridgehead atoms. The molecular formula is C15H22BNO. The number of nitrogens with zero attached hydrogens (tertiary/aromatic N) is 1. The minimum atomic E-state index is 0.225. The van der Waals surface area contributed by atoms with E-state index in [0.29, 0.717) is 6.10 Å². The molecular weight excluding hydrogens is 221 g/mol. The van der Waals surface area contributed by atoms with Crippen molar-refractivity contribution in [3.63, 3.8) is 0 Å². The highest BCUT2D eigenvalue weighted by Crippen LogP contribution is 2.23. The van der Waals surface area contributed by atoms with Gasteiger partial charge in [0.1, 0.15) is 19.7 Å². The highest BCUT2D eigenvalue weighted by atomic mass is 16.5. The van der Waals surface area contributed by atoms with E-state index in [1.165, 1.54) is 13.0 Å². The Morgan fingerprint density at radius 2 is 1.89 bits per heavy atom. The molecule has 2 radical (unpaired) electrons. The second kappa shape index (κ2) is 5.35. The Morgan fingerprint density at radius 3 is 2.50 bits per heavy atom. The summed E-state index contributed by atoms with van der Waals surface area (Å²) in [6.45, 7) is 8.97. The van der Waals surface area contributed by atoms with Gasteiger partial charge in [-0.2, -0.15) is 0 Å². The Labute approximate surface area is 112 Å². The van der Waals surface area contributed by atoms with Crippen LogP contribution in [0.15, 0.2) is 24.3 Å². The Kier molecular flexibility index (Phi) is 4.01. The summed E-state index contributed by atoms with van der Waals surface area (Å²) < 4.78 is 6.04. The Hall–Kier alpha value is -0.955. The maximum Gasteiger partial charge on any atom is 0.119 e. The fraction of sp³-hybridized carbons (Fsp3) is 0.600. The molecule has 0 N–H and O–H groups in total. The van der Waals surface area contributed by atoms with Crippen molar-refractivity contribution >= 4 is 13.3 Å². The van der Waals surface area contributed by atoms with E-state index in [1.807, 2.05) is 24.3 Å². The first-order valence-corrected chi connectivity index (χ1v) is 6.72. The highest BCUT2D eigenvalue weighted by molar-refractivity contribution is 6.32. The van der Waals surface area contributed by atoms with Gasteiger partial charge in [0.25, 0.3) is 0 Å². The molecule has 0 aromatic heterocycles. The molecule has 1 unspecified atom stereocenters.